The number of hydrogen-bond acceptors (Lipinski definition) is 4. The molecule has 5 heteroatoms. The van der Waals surface area contributed by atoms with E-state index >= 15 is 0 Å². The Bertz CT molecular complexity index is 572. The highest BCUT2D eigenvalue weighted by Crippen LogP contribution is 2.23. The molecule has 1 aliphatic carbocycles. The second kappa shape index (κ2) is 10.5. The fraction of sp³-hybridized carbons (Fsp3) is 0.619. The number of halogens is 1. The summed E-state index contributed by atoms with van der Waals surface area (Å²) in [5, 5.41) is 19.1. The molecule has 0 amide bonds. The van der Waals surface area contributed by atoms with Crippen LogP contribution in [0.5, 0.6) is 0 Å². The average molecular weight is 362 g/mol. The molecule has 2 aliphatic rings. The van der Waals surface area contributed by atoms with Crippen molar-refractivity contribution in [2.24, 2.45) is 5.92 Å². The molecule has 0 aromatic heterocycles. The van der Waals surface area contributed by atoms with Gasteiger partial charge in [0.2, 0.25) is 0 Å². The maximum absolute atomic E-state index is 12.8. The summed E-state index contributed by atoms with van der Waals surface area (Å²) in [6.07, 6.45) is 9.66. The average Bonchev–Trinajstić information content (AvgIpc) is 2.65. The van der Waals surface area contributed by atoms with Crippen LogP contribution in [-0.2, 0) is 0 Å². The van der Waals surface area contributed by atoms with Crippen molar-refractivity contribution >= 4 is 5.69 Å². The van der Waals surface area contributed by atoms with Crippen LogP contribution < -0.4 is 4.90 Å². The number of rotatable bonds is 3. The number of β-amino-alcohol motifs (C(OH)–C–C–N with tert-alkyl or cyclic N) is 1. The van der Waals surface area contributed by atoms with E-state index in [1.54, 1.807) is 12.1 Å². The molecular formula is C21H31FN2O2. The smallest absolute Gasteiger partial charge is 0.125 e. The quantitative estimate of drug-likeness (QED) is 0.812. The van der Waals surface area contributed by atoms with Gasteiger partial charge in [0, 0.05) is 31.2 Å². The maximum Gasteiger partial charge on any atom is 0.125 e. The molecule has 1 aromatic carbocycles. The third kappa shape index (κ3) is 6.28. The number of benzene rings is 1. The van der Waals surface area contributed by atoms with Crippen molar-refractivity contribution in [1.29, 1.82) is 0 Å². The van der Waals surface area contributed by atoms with Crippen LogP contribution >= 0.6 is 0 Å². The summed E-state index contributed by atoms with van der Waals surface area (Å²) in [4.78, 5) is 4.18. The van der Waals surface area contributed by atoms with Crippen molar-refractivity contribution in [3.63, 3.8) is 0 Å². The second-order valence-electron chi connectivity index (χ2n) is 7.12. The lowest BCUT2D eigenvalue weighted by Gasteiger charge is -2.39. The van der Waals surface area contributed by atoms with Crippen LogP contribution in [0, 0.1) is 24.1 Å². The first-order chi connectivity index (χ1) is 12.5. The van der Waals surface area contributed by atoms with Gasteiger partial charge in [0.25, 0.3) is 0 Å². The van der Waals surface area contributed by atoms with E-state index in [0.29, 0.717) is 12.5 Å². The Labute approximate surface area is 156 Å². The van der Waals surface area contributed by atoms with Gasteiger partial charge in [0.15, 0.2) is 0 Å². The zero-order valence-corrected chi connectivity index (χ0v) is 15.6. The molecule has 1 heterocycles. The molecule has 26 heavy (non-hydrogen) atoms. The minimum Gasteiger partial charge on any atom is -0.393 e. The SMILES string of the molecule is C#CC1CCCC(O)C1.CCCN1CCN(c2ccc(F)cc2)CC1O. The molecule has 144 valence electrons. The van der Waals surface area contributed by atoms with Gasteiger partial charge in [-0.25, -0.2) is 4.39 Å². The minimum absolute atomic E-state index is 0.125. The highest BCUT2D eigenvalue weighted by Gasteiger charge is 2.24. The highest BCUT2D eigenvalue weighted by molar-refractivity contribution is 5.46. The summed E-state index contributed by atoms with van der Waals surface area (Å²) >= 11 is 0. The van der Waals surface area contributed by atoms with E-state index in [0.717, 1.165) is 57.4 Å². The molecule has 0 bridgehead atoms. The van der Waals surface area contributed by atoms with Gasteiger partial charge in [0.05, 0.1) is 12.6 Å². The maximum atomic E-state index is 12.8. The van der Waals surface area contributed by atoms with E-state index in [-0.39, 0.29) is 11.9 Å². The Balaban J connectivity index is 0.000000228. The van der Waals surface area contributed by atoms with E-state index in [9.17, 15) is 9.50 Å². The number of piperazine rings is 1. The largest absolute Gasteiger partial charge is 0.393 e. The standard InChI is InChI=1S/C13H19FN2O.C8H12O/c1-2-7-15-8-9-16(10-13(15)17)12-5-3-11(14)4-6-12;1-2-7-4-3-5-8(9)6-7/h3-6,13,17H,2,7-10H2,1H3;1,7-9H,3-6H2. The van der Waals surface area contributed by atoms with Gasteiger partial charge >= 0.3 is 0 Å². The highest BCUT2D eigenvalue weighted by atomic mass is 19.1. The number of aliphatic hydroxyl groups excluding tert-OH is 2. The Kier molecular flexibility index (Phi) is 8.37. The van der Waals surface area contributed by atoms with E-state index in [4.69, 9.17) is 11.5 Å². The van der Waals surface area contributed by atoms with Crippen LogP contribution in [0.4, 0.5) is 10.1 Å². The van der Waals surface area contributed by atoms with Crippen molar-refractivity contribution in [2.75, 3.05) is 31.1 Å². The molecule has 3 rings (SSSR count). The van der Waals surface area contributed by atoms with Gasteiger partial charge in [-0.3, -0.25) is 4.90 Å². The molecule has 1 saturated heterocycles. The van der Waals surface area contributed by atoms with Crippen LogP contribution in [-0.4, -0.2) is 53.6 Å². The lowest BCUT2D eigenvalue weighted by atomic mass is 9.88. The summed E-state index contributed by atoms with van der Waals surface area (Å²) in [5.74, 6) is 2.79. The number of nitrogens with zero attached hydrogens (tertiary/aromatic N) is 2. The Morgan fingerprint density at radius 3 is 2.46 bits per heavy atom. The summed E-state index contributed by atoms with van der Waals surface area (Å²) < 4.78 is 12.8. The van der Waals surface area contributed by atoms with Gasteiger partial charge in [-0.1, -0.05) is 6.92 Å². The van der Waals surface area contributed by atoms with Gasteiger partial charge in [-0.05, 0) is 56.4 Å². The van der Waals surface area contributed by atoms with Gasteiger partial charge < -0.3 is 15.1 Å². The summed E-state index contributed by atoms with van der Waals surface area (Å²) in [6.45, 7) is 5.36. The molecule has 1 aliphatic heterocycles. The molecule has 2 N–H and O–H groups in total. The summed E-state index contributed by atoms with van der Waals surface area (Å²) in [7, 11) is 0. The lowest BCUT2D eigenvalue weighted by molar-refractivity contribution is -0.00320. The van der Waals surface area contributed by atoms with Crippen LogP contribution in [0.1, 0.15) is 39.0 Å². The van der Waals surface area contributed by atoms with Crippen molar-refractivity contribution in [3.05, 3.63) is 30.1 Å². The summed E-state index contributed by atoms with van der Waals surface area (Å²) in [6, 6.07) is 6.44. The fourth-order valence-electron chi connectivity index (χ4n) is 3.55. The van der Waals surface area contributed by atoms with Gasteiger partial charge in [-0.2, -0.15) is 0 Å². The molecule has 3 atom stereocenters. The number of aliphatic hydroxyl groups is 2. The first-order valence-corrected chi connectivity index (χ1v) is 9.60. The third-order valence-corrected chi connectivity index (χ3v) is 5.05. The van der Waals surface area contributed by atoms with Crippen molar-refractivity contribution in [2.45, 2.75) is 51.4 Å². The molecule has 0 radical (unpaired) electrons. The van der Waals surface area contributed by atoms with Crippen LogP contribution in [0.2, 0.25) is 0 Å². The van der Waals surface area contributed by atoms with E-state index in [1.165, 1.54) is 12.1 Å². The fourth-order valence-corrected chi connectivity index (χ4v) is 3.55. The molecular weight excluding hydrogens is 331 g/mol. The molecule has 3 unspecified atom stereocenters. The first kappa shape index (κ1) is 20.7. The van der Waals surface area contributed by atoms with Crippen LogP contribution in [0.15, 0.2) is 24.3 Å². The van der Waals surface area contributed by atoms with Crippen LogP contribution in [0.25, 0.3) is 0 Å². The first-order valence-electron chi connectivity index (χ1n) is 9.60. The van der Waals surface area contributed by atoms with E-state index < -0.39 is 6.23 Å². The molecule has 2 fully saturated rings. The number of terminal acetylenes is 1. The molecule has 0 spiro atoms. The Hall–Kier alpha value is -1.61. The number of hydrogen-bond donors (Lipinski definition) is 2. The minimum atomic E-state index is -0.422. The predicted octanol–water partition coefficient (Wildman–Crippen LogP) is 2.85. The second-order valence-corrected chi connectivity index (χ2v) is 7.12. The Morgan fingerprint density at radius 1 is 1.19 bits per heavy atom. The predicted molar refractivity (Wildman–Crippen MR) is 103 cm³/mol. The number of anilines is 1. The van der Waals surface area contributed by atoms with Crippen molar-refractivity contribution in [3.8, 4) is 12.3 Å². The van der Waals surface area contributed by atoms with Crippen LogP contribution in [0.3, 0.4) is 0 Å². The molecule has 1 aromatic rings. The summed E-state index contributed by atoms with van der Waals surface area (Å²) in [5.41, 5.74) is 0.974. The topological polar surface area (TPSA) is 46.9 Å². The zero-order chi connectivity index (χ0) is 18.9. The normalized spacial score (nSPS) is 26.6. The van der Waals surface area contributed by atoms with Crippen molar-refractivity contribution in [1.82, 2.24) is 4.90 Å². The van der Waals surface area contributed by atoms with Gasteiger partial charge in [0.1, 0.15) is 12.0 Å². The Morgan fingerprint density at radius 2 is 1.92 bits per heavy atom. The molecule has 1 saturated carbocycles. The molecule has 4 nitrogen and oxygen atoms in total. The van der Waals surface area contributed by atoms with E-state index in [2.05, 4.69) is 22.6 Å². The zero-order valence-electron chi connectivity index (χ0n) is 15.6. The van der Waals surface area contributed by atoms with E-state index in [1.807, 2.05) is 0 Å². The lowest BCUT2D eigenvalue weighted by Crippen LogP contribution is -2.53. The van der Waals surface area contributed by atoms with Crippen molar-refractivity contribution < 1.29 is 14.6 Å². The van der Waals surface area contributed by atoms with Gasteiger partial charge in [-0.15, -0.1) is 12.3 Å². The monoisotopic (exact) mass is 362 g/mol. The third-order valence-electron chi connectivity index (χ3n) is 5.05.